The third kappa shape index (κ3) is 3.34. The van der Waals surface area contributed by atoms with Gasteiger partial charge in [0.1, 0.15) is 6.04 Å². The van der Waals surface area contributed by atoms with Crippen molar-refractivity contribution in [3.63, 3.8) is 0 Å². The van der Waals surface area contributed by atoms with E-state index in [-0.39, 0.29) is 11.8 Å². The number of carboxylic acid groups (broad SMARTS) is 1. The summed E-state index contributed by atoms with van der Waals surface area (Å²) < 4.78 is 1.81. The van der Waals surface area contributed by atoms with Crippen molar-refractivity contribution in [2.24, 2.45) is 5.92 Å². The average Bonchev–Trinajstić information content (AvgIpc) is 2.56. The van der Waals surface area contributed by atoms with Crippen LogP contribution in [0.3, 0.4) is 0 Å². The molecule has 0 aliphatic carbocycles. The molecule has 16 heavy (non-hydrogen) atoms. The molecule has 0 spiro atoms. The highest BCUT2D eigenvalue weighted by Gasteiger charge is 2.35. The van der Waals surface area contributed by atoms with E-state index in [4.69, 9.17) is 5.11 Å². The Balaban J connectivity index is 2.57. The molecule has 4 atom stereocenters. The van der Waals surface area contributed by atoms with E-state index >= 15 is 0 Å². The van der Waals surface area contributed by atoms with E-state index in [0.717, 1.165) is 13.0 Å². The Hall–Kier alpha value is 0.190. The number of hydrogen-bond acceptors (Lipinski definition) is 3. The van der Waals surface area contributed by atoms with E-state index in [1.165, 1.54) is 0 Å². The summed E-state index contributed by atoms with van der Waals surface area (Å²) in [4.78, 5) is 22.8. The zero-order valence-electron chi connectivity index (χ0n) is 9.09. The van der Waals surface area contributed by atoms with E-state index in [9.17, 15) is 9.59 Å². The van der Waals surface area contributed by atoms with E-state index in [2.05, 4.69) is 23.2 Å². The van der Waals surface area contributed by atoms with Crippen molar-refractivity contribution < 1.29 is 14.7 Å². The fourth-order valence-electron chi connectivity index (χ4n) is 1.80. The SMILES string of the molecule is CNC(CC1CCN(P(P)P)C1=O)C(=O)O. The van der Waals surface area contributed by atoms with E-state index in [1.807, 2.05) is 4.67 Å². The average molecular weight is 282 g/mol. The standard InChI is InChI=1S/C8H17N2O3P3/c1-9-6(8(12)13)4-5-2-3-10(7(5)11)16(14)15/h5-6,9H,2-4,14-15H2,1H3,(H,12,13). The maximum Gasteiger partial charge on any atom is 0.320 e. The summed E-state index contributed by atoms with van der Waals surface area (Å²) in [7, 11) is 6.28. The molecule has 92 valence electrons. The van der Waals surface area contributed by atoms with Gasteiger partial charge in [0.05, 0.1) is 0 Å². The fourth-order valence-corrected chi connectivity index (χ4v) is 3.91. The number of carboxylic acids is 1. The Labute approximate surface area is 101 Å². The molecule has 1 fully saturated rings. The van der Waals surface area contributed by atoms with Gasteiger partial charge in [-0.15, -0.1) is 0 Å². The molecule has 0 saturated carbocycles. The molecule has 0 bridgehead atoms. The summed E-state index contributed by atoms with van der Waals surface area (Å²) in [6, 6.07) is -0.630. The van der Waals surface area contributed by atoms with Crippen molar-refractivity contribution in [2.75, 3.05) is 13.6 Å². The first-order chi connectivity index (χ1) is 7.47. The molecule has 1 aliphatic rings. The van der Waals surface area contributed by atoms with Gasteiger partial charge in [-0.3, -0.25) is 9.59 Å². The molecule has 0 radical (unpaired) electrons. The summed E-state index contributed by atoms with van der Waals surface area (Å²) in [6.45, 7) is 0.734. The van der Waals surface area contributed by atoms with Crippen molar-refractivity contribution in [2.45, 2.75) is 18.9 Å². The Morgan fingerprint density at radius 1 is 1.75 bits per heavy atom. The molecule has 4 unspecified atom stereocenters. The lowest BCUT2D eigenvalue weighted by Crippen LogP contribution is -2.37. The third-order valence-corrected chi connectivity index (χ3v) is 5.37. The van der Waals surface area contributed by atoms with Crippen LogP contribution in [0.15, 0.2) is 0 Å². The fraction of sp³-hybridized carbons (Fsp3) is 0.750. The van der Waals surface area contributed by atoms with Crippen LogP contribution in [0, 0.1) is 5.92 Å². The highest BCUT2D eigenvalue weighted by atomic mass is 32.4. The van der Waals surface area contributed by atoms with Crippen LogP contribution in [0.25, 0.3) is 0 Å². The monoisotopic (exact) mass is 282 g/mol. The minimum absolute atomic E-state index is 0.0811. The van der Waals surface area contributed by atoms with Crippen molar-refractivity contribution in [1.82, 2.24) is 9.99 Å². The molecule has 5 nitrogen and oxygen atoms in total. The molecule has 0 aromatic rings. The molecule has 1 saturated heterocycles. The van der Waals surface area contributed by atoms with Gasteiger partial charge in [-0.05, 0) is 19.9 Å². The summed E-state index contributed by atoms with van der Waals surface area (Å²) in [5.74, 6) is -0.968. The quantitative estimate of drug-likeness (QED) is 0.734. The maximum atomic E-state index is 11.9. The van der Waals surface area contributed by atoms with Crippen molar-refractivity contribution >= 4 is 37.2 Å². The van der Waals surface area contributed by atoms with Gasteiger partial charge in [0.15, 0.2) is 0 Å². The van der Waals surface area contributed by atoms with Gasteiger partial charge >= 0.3 is 5.97 Å². The Bertz CT molecular complexity index is 288. The van der Waals surface area contributed by atoms with Crippen molar-refractivity contribution in [3.8, 4) is 0 Å². The van der Waals surface area contributed by atoms with Gasteiger partial charge in [-0.1, -0.05) is 17.9 Å². The van der Waals surface area contributed by atoms with Gasteiger partial charge in [0.2, 0.25) is 5.91 Å². The van der Waals surface area contributed by atoms with Crippen LogP contribution >= 0.6 is 25.3 Å². The Morgan fingerprint density at radius 3 is 2.75 bits per heavy atom. The second-order valence-electron chi connectivity index (χ2n) is 3.74. The number of aliphatic carboxylic acids is 1. The van der Waals surface area contributed by atoms with E-state index < -0.39 is 19.5 Å². The lowest BCUT2D eigenvalue weighted by molar-refractivity contribution is -0.140. The normalized spacial score (nSPS) is 22.9. The van der Waals surface area contributed by atoms with Crippen LogP contribution in [0.5, 0.6) is 0 Å². The minimum Gasteiger partial charge on any atom is -0.480 e. The molecule has 2 N–H and O–H groups in total. The topological polar surface area (TPSA) is 69.6 Å². The van der Waals surface area contributed by atoms with Crippen LogP contribution in [-0.2, 0) is 9.59 Å². The molecule has 1 aliphatic heterocycles. The Morgan fingerprint density at radius 2 is 2.38 bits per heavy atom. The Kier molecular flexibility index (Phi) is 5.53. The maximum absolute atomic E-state index is 11.9. The molecule has 1 heterocycles. The summed E-state index contributed by atoms with van der Waals surface area (Å²) >= 11 is 0. The molecular weight excluding hydrogens is 265 g/mol. The summed E-state index contributed by atoms with van der Waals surface area (Å²) in [6.07, 6.45) is 1.13. The van der Waals surface area contributed by atoms with Crippen LogP contribution < -0.4 is 5.32 Å². The first-order valence-electron chi connectivity index (χ1n) is 4.98. The van der Waals surface area contributed by atoms with E-state index in [1.54, 1.807) is 7.05 Å². The van der Waals surface area contributed by atoms with Crippen LogP contribution in [0.2, 0.25) is 0 Å². The molecular formula is C8H17N2O3P3. The predicted octanol–water partition coefficient (Wildman–Crippen LogP) is 0.875. The first-order valence-corrected chi connectivity index (χ1v) is 9.51. The third-order valence-electron chi connectivity index (χ3n) is 2.74. The molecule has 8 heteroatoms. The highest BCUT2D eigenvalue weighted by Crippen LogP contribution is 2.58. The lowest BCUT2D eigenvalue weighted by Gasteiger charge is -2.21. The van der Waals surface area contributed by atoms with Gasteiger partial charge < -0.3 is 15.1 Å². The number of carbonyl (C=O) groups is 2. The van der Waals surface area contributed by atoms with Gasteiger partial charge in [-0.2, -0.15) is 0 Å². The smallest absolute Gasteiger partial charge is 0.320 e. The lowest BCUT2D eigenvalue weighted by atomic mass is 9.99. The second kappa shape index (κ2) is 6.21. The van der Waals surface area contributed by atoms with Gasteiger partial charge in [0.25, 0.3) is 0 Å². The number of rotatable bonds is 5. The minimum atomic E-state index is -0.896. The largest absolute Gasteiger partial charge is 0.480 e. The number of hydrogen-bond donors (Lipinski definition) is 2. The number of nitrogens with one attached hydrogen (secondary N) is 1. The van der Waals surface area contributed by atoms with E-state index in [0.29, 0.717) is 6.42 Å². The number of nitrogens with zero attached hydrogens (tertiary/aromatic N) is 1. The predicted molar refractivity (Wildman–Crippen MR) is 71.3 cm³/mol. The van der Waals surface area contributed by atoms with Gasteiger partial charge in [-0.25, -0.2) is 0 Å². The summed E-state index contributed by atoms with van der Waals surface area (Å²) in [5, 5.41) is 11.6. The molecule has 1 amide bonds. The van der Waals surface area contributed by atoms with Crippen molar-refractivity contribution in [1.29, 1.82) is 0 Å². The van der Waals surface area contributed by atoms with Crippen LogP contribution in [-0.4, -0.2) is 41.3 Å². The zero-order valence-corrected chi connectivity index (χ0v) is 12.3. The van der Waals surface area contributed by atoms with Gasteiger partial charge in [0, 0.05) is 19.9 Å². The highest BCUT2D eigenvalue weighted by molar-refractivity contribution is 8.42. The molecule has 0 aromatic heterocycles. The van der Waals surface area contributed by atoms with Crippen LogP contribution in [0.1, 0.15) is 12.8 Å². The summed E-state index contributed by atoms with van der Waals surface area (Å²) in [5.41, 5.74) is 0. The van der Waals surface area contributed by atoms with Crippen molar-refractivity contribution in [3.05, 3.63) is 0 Å². The first kappa shape index (κ1) is 14.3. The second-order valence-corrected chi connectivity index (χ2v) is 9.95. The number of likely N-dealkylation sites (N-methyl/N-ethyl adjacent to an activating group) is 1. The molecule has 0 aromatic carbocycles. The zero-order chi connectivity index (χ0) is 12.3. The number of amides is 1. The molecule has 1 rings (SSSR count). The van der Waals surface area contributed by atoms with Crippen LogP contribution in [0.4, 0.5) is 0 Å². The number of carbonyl (C=O) groups excluding carboxylic acids is 1.